The molecule has 0 saturated heterocycles. The number of carbonyl (C=O) groups excluding carboxylic acids is 2. The summed E-state index contributed by atoms with van der Waals surface area (Å²) in [6.45, 7) is 1.87. The van der Waals surface area contributed by atoms with E-state index in [0.717, 1.165) is 5.56 Å². The van der Waals surface area contributed by atoms with E-state index in [1.54, 1.807) is 48.9 Å². The number of nitrogens with one attached hydrogen (secondary N) is 2. The summed E-state index contributed by atoms with van der Waals surface area (Å²) in [6, 6.07) is 11.9. The number of aryl methyl sites for hydroxylation is 1. The molecule has 1 aromatic heterocycles. The van der Waals surface area contributed by atoms with E-state index in [4.69, 9.17) is 16.3 Å². The fraction of sp³-hybridized carbons (Fsp3) is 0.105. The zero-order valence-corrected chi connectivity index (χ0v) is 16.1. The number of halogens is 1. The molecule has 0 bridgehead atoms. The van der Waals surface area contributed by atoms with Gasteiger partial charge in [0, 0.05) is 21.7 Å². The average Bonchev–Trinajstić information content (AvgIpc) is 3.13. The quantitative estimate of drug-likeness (QED) is 0.653. The van der Waals surface area contributed by atoms with Gasteiger partial charge in [0.2, 0.25) is 0 Å². The van der Waals surface area contributed by atoms with E-state index in [1.165, 1.54) is 11.3 Å². The summed E-state index contributed by atoms with van der Waals surface area (Å²) in [7, 11) is 1.56. The molecule has 27 heavy (non-hydrogen) atoms. The predicted molar refractivity (Wildman–Crippen MR) is 107 cm³/mol. The molecule has 0 saturated carbocycles. The second-order valence-electron chi connectivity index (χ2n) is 5.63. The molecule has 0 spiro atoms. The number of hydrogen-bond acceptors (Lipinski definition) is 5. The van der Waals surface area contributed by atoms with Gasteiger partial charge in [-0.1, -0.05) is 17.7 Å². The van der Waals surface area contributed by atoms with Crippen LogP contribution in [0.5, 0.6) is 5.75 Å². The molecule has 3 rings (SSSR count). The van der Waals surface area contributed by atoms with Crippen molar-refractivity contribution in [1.82, 2.24) is 4.98 Å². The van der Waals surface area contributed by atoms with Crippen molar-refractivity contribution in [3.05, 3.63) is 69.7 Å². The molecule has 6 nitrogen and oxygen atoms in total. The number of carbonyl (C=O) groups is 2. The number of rotatable bonds is 5. The van der Waals surface area contributed by atoms with E-state index in [-0.39, 0.29) is 17.5 Å². The van der Waals surface area contributed by atoms with Gasteiger partial charge in [-0.15, -0.1) is 11.3 Å². The number of nitrogens with zero attached hydrogens (tertiary/aromatic N) is 1. The highest BCUT2D eigenvalue weighted by atomic mass is 35.5. The maximum absolute atomic E-state index is 12.4. The van der Waals surface area contributed by atoms with Crippen molar-refractivity contribution in [3.63, 3.8) is 0 Å². The monoisotopic (exact) mass is 401 g/mol. The summed E-state index contributed by atoms with van der Waals surface area (Å²) in [5.74, 6) is -0.0257. The second kappa shape index (κ2) is 8.20. The van der Waals surface area contributed by atoms with Gasteiger partial charge >= 0.3 is 0 Å². The SMILES string of the molecule is COc1ccc(C(=O)Nc2nc(C(=O)Nc3cc(Cl)ccc3C)cs2)cc1. The Morgan fingerprint density at radius 3 is 2.52 bits per heavy atom. The van der Waals surface area contributed by atoms with Gasteiger partial charge < -0.3 is 10.1 Å². The summed E-state index contributed by atoms with van der Waals surface area (Å²) in [6.07, 6.45) is 0. The minimum Gasteiger partial charge on any atom is -0.497 e. The fourth-order valence-electron chi connectivity index (χ4n) is 2.26. The van der Waals surface area contributed by atoms with Crippen LogP contribution in [0.25, 0.3) is 0 Å². The van der Waals surface area contributed by atoms with Gasteiger partial charge in [-0.2, -0.15) is 0 Å². The molecule has 3 aromatic rings. The summed E-state index contributed by atoms with van der Waals surface area (Å²) in [5, 5.41) is 7.90. The van der Waals surface area contributed by atoms with Crippen LogP contribution in [-0.2, 0) is 0 Å². The standard InChI is InChI=1S/C19H16ClN3O3S/c1-11-3-6-13(20)9-15(11)21-18(25)16-10-27-19(22-16)23-17(24)12-4-7-14(26-2)8-5-12/h3-10H,1-2H3,(H,21,25)(H,22,23,24). The van der Waals surface area contributed by atoms with Crippen LogP contribution in [0, 0.1) is 6.92 Å². The van der Waals surface area contributed by atoms with Crippen LogP contribution in [0.1, 0.15) is 26.4 Å². The number of thiazole rings is 1. The van der Waals surface area contributed by atoms with Crippen molar-refractivity contribution in [3.8, 4) is 5.75 Å². The molecule has 8 heteroatoms. The molecule has 1 heterocycles. The molecule has 0 aliphatic rings. The third-order valence-corrected chi connectivity index (χ3v) is 4.75. The maximum Gasteiger partial charge on any atom is 0.275 e. The third kappa shape index (κ3) is 4.64. The second-order valence-corrected chi connectivity index (χ2v) is 6.93. The zero-order valence-electron chi connectivity index (χ0n) is 14.6. The fourth-order valence-corrected chi connectivity index (χ4v) is 3.12. The Labute approximate surface area is 165 Å². The van der Waals surface area contributed by atoms with Crippen LogP contribution >= 0.6 is 22.9 Å². The van der Waals surface area contributed by atoms with Crippen LogP contribution in [0.4, 0.5) is 10.8 Å². The first-order valence-corrected chi connectivity index (χ1v) is 9.20. The van der Waals surface area contributed by atoms with Gasteiger partial charge in [0.25, 0.3) is 11.8 Å². The van der Waals surface area contributed by atoms with Gasteiger partial charge in [0.05, 0.1) is 7.11 Å². The van der Waals surface area contributed by atoms with E-state index in [0.29, 0.717) is 27.2 Å². The molecule has 2 aromatic carbocycles. The summed E-state index contributed by atoms with van der Waals surface area (Å²) < 4.78 is 5.07. The van der Waals surface area contributed by atoms with E-state index >= 15 is 0 Å². The Hall–Kier alpha value is -2.90. The highest BCUT2D eigenvalue weighted by Crippen LogP contribution is 2.22. The molecule has 0 unspecified atom stereocenters. The molecule has 0 fully saturated rings. The summed E-state index contributed by atoms with van der Waals surface area (Å²) in [5.41, 5.74) is 2.18. The van der Waals surface area contributed by atoms with Crippen molar-refractivity contribution in [2.75, 3.05) is 17.7 Å². The van der Waals surface area contributed by atoms with Crippen molar-refractivity contribution >= 4 is 45.6 Å². The van der Waals surface area contributed by atoms with Crippen molar-refractivity contribution in [1.29, 1.82) is 0 Å². The lowest BCUT2D eigenvalue weighted by atomic mass is 10.2. The molecule has 0 radical (unpaired) electrons. The number of amides is 2. The first-order chi connectivity index (χ1) is 13.0. The first-order valence-electron chi connectivity index (χ1n) is 7.94. The molecular weight excluding hydrogens is 386 g/mol. The lowest BCUT2D eigenvalue weighted by Gasteiger charge is -2.07. The van der Waals surface area contributed by atoms with E-state index < -0.39 is 0 Å². The lowest BCUT2D eigenvalue weighted by molar-refractivity contribution is 0.101. The van der Waals surface area contributed by atoms with Crippen LogP contribution in [0.3, 0.4) is 0 Å². The maximum atomic E-state index is 12.4. The largest absolute Gasteiger partial charge is 0.497 e. The van der Waals surface area contributed by atoms with Gasteiger partial charge in [0.15, 0.2) is 5.13 Å². The van der Waals surface area contributed by atoms with Gasteiger partial charge in [-0.25, -0.2) is 4.98 Å². The van der Waals surface area contributed by atoms with Crippen LogP contribution in [0.15, 0.2) is 47.8 Å². The Balaban J connectivity index is 1.67. The number of methoxy groups -OCH3 is 1. The average molecular weight is 402 g/mol. The number of benzene rings is 2. The Morgan fingerprint density at radius 1 is 1.07 bits per heavy atom. The number of ether oxygens (including phenoxy) is 1. The Kier molecular flexibility index (Phi) is 5.73. The molecule has 0 aliphatic carbocycles. The van der Waals surface area contributed by atoms with Crippen LogP contribution in [0.2, 0.25) is 5.02 Å². The van der Waals surface area contributed by atoms with Gasteiger partial charge in [-0.05, 0) is 48.9 Å². The predicted octanol–water partition coefficient (Wildman–Crippen LogP) is 4.62. The van der Waals surface area contributed by atoms with Crippen molar-refractivity contribution in [2.45, 2.75) is 6.92 Å². The highest BCUT2D eigenvalue weighted by Gasteiger charge is 2.14. The smallest absolute Gasteiger partial charge is 0.275 e. The molecule has 138 valence electrons. The molecule has 0 aliphatic heterocycles. The van der Waals surface area contributed by atoms with Gasteiger partial charge in [-0.3, -0.25) is 14.9 Å². The molecular formula is C19H16ClN3O3S. The van der Waals surface area contributed by atoms with Crippen LogP contribution < -0.4 is 15.4 Å². The Bertz CT molecular complexity index is 986. The molecule has 2 N–H and O–H groups in total. The zero-order chi connectivity index (χ0) is 19.4. The minimum absolute atomic E-state index is 0.212. The molecule has 0 atom stereocenters. The van der Waals surface area contributed by atoms with Crippen molar-refractivity contribution < 1.29 is 14.3 Å². The number of anilines is 2. The summed E-state index contributed by atoms with van der Waals surface area (Å²) >= 11 is 7.14. The van der Waals surface area contributed by atoms with E-state index in [1.807, 2.05) is 13.0 Å². The molecule has 2 amide bonds. The van der Waals surface area contributed by atoms with Gasteiger partial charge in [0.1, 0.15) is 11.4 Å². The lowest BCUT2D eigenvalue weighted by Crippen LogP contribution is -2.14. The van der Waals surface area contributed by atoms with Crippen molar-refractivity contribution in [2.24, 2.45) is 0 Å². The van der Waals surface area contributed by atoms with E-state index in [2.05, 4.69) is 15.6 Å². The summed E-state index contributed by atoms with van der Waals surface area (Å²) in [4.78, 5) is 28.8. The normalized spacial score (nSPS) is 10.3. The number of aromatic nitrogens is 1. The number of hydrogen-bond donors (Lipinski definition) is 2. The van der Waals surface area contributed by atoms with E-state index in [9.17, 15) is 9.59 Å². The first kappa shape index (κ1) is 18.9. The minimum atomic E-state index is -0.374. The van der Waals surface area contributed by atoms with Crippen LogP contribution in [-0.4, -0.2) is 23.9 Å². The topological polar surface area (TPSA) is 80.3 Å². The highest BCUT2D eigenvalue weighted by molar-refractivity contribution is 7.14. The third-order valence-electron chi connectivity index (χ3n) is 3.76. The Morgan fingerprint density at radius 2 is 1.81 bits per heavy atom.